The minimum Gasteiger partial charge on any atom is -0.352 e. The zero-order chi connectivity index (χ0) is 31.8. The molecular weight excluding hydrogens is 592 g/mol. The van der Waals surface area contributed by atoms with Crippen LogP contribution >= 0.6 is 0 Å². The van der Waals surface area contributed by atoms with Crippen molar-refractivity contribution in [3.05, 3.63) is 47.5 Å². The number of imidazole rings is 1. The number of aromatic nitrogens is 4. The van der Waals surface area contributed by atoms with Crippen molar-refractivity contribution in [2.45, 2.75) is 89.8 Å². The molecule has 4 rings (SSSR count). The number of alkyl halides is 8. The molecule has 0 aliphatic heterocycles. The van der Waals surface area contributed by atoms with Crippen LogP contribution in [0.15, 0.2) is 30.5 Å². The number of benzene rings is 1. The maximum atomic E-state index is 12.6. The summed E-state index contributed by atoms with van der Waals surface area (Å²) < 4.78 is 100. The van der Waals surface area contributed by atoms with E-state index < -0.39 is 55.4 Å². The van der Waals surface area contributed by atoms with Gasteiger partial charge in [-0.15, -0.1) is 0 Å². The summed E-state index contributed by atoms with van der Waals surface area (Å²) in [5.41, 5.74) is 1.71. The Morgan fingerprint density at radius 2 is 1.72 bits per heavy atom. The molecule has 1 aromatic carbocycles. The molecule has 0 saturated heterocycles. The minimum atomic E-state index is -4.44. The van der Waals surface area contributed by atoms with Crippen molar-refractivity contribution in [3.63, 3.8) is 0 Å². The highest BCUT2D eigenvalue weighted by Gasteiger charge is 2.37. The molecule has 0 radical (unpaired) electrons. The highest BCUT2D eigenvalue weighted by Crippen LogP contribution is 2.32. The molecule has 8 nitrogen and oxygen atoms in total. The van der Waals surface area contributed by atoms with Crippen LogP contribution < -0.4 is 10.6 Å². The zero-order valence-corrected chi connectivity index (χ0v) is 23.2. The number of aromatic amines is 1. The fraction of sp³-hybridized carbons (Fsp3) is 0.556. The second-order valence-electron chi connectivity index (χ2n) is 10.4. The monoisotopic (exact) mass is 624 g/mol. The maximum Gasteiger partial charge on any atom is 0.392 e. The van der Waals surface area contributed by atoms with E-state index in [1.807, 2.05) is 0 Å². The molecule has 16 heteroatoms. The minimum absolute atomic E-state index is 0.0202. The van der Waals surface area contributed by atoms with Crippen molar-refractivity contribution in [3.8, 4) is 0 Å². The summed E-state index contributed by atoms with van der Waals surface area (Å²) in [6.07, 6.45) is -6.72. The first-order valence-corrected chi connectivity index (χ1v) is 13.6. The highest BCUT2D eigenvalue weighted by atomic mass is 19.4. The molecule has 238 valence electrons. The third-order valence-corrected chi connectivity index (χ3v) is 6.69. The first-order valence-electron chi connectivity index (χ1n) is 13.6. The van der Waals surface area contributed by atoms with Crippen molar-refractivity contribution in [1.82, 2.24) is 30.4 Å². The molecule has 1 saturated carbocycles. The van der Waals surface area contributed by atoms with Crippen LogP contribution in [0.4, 0.5) is 35.1 Å². The number of aryl methyl sites for hydroxylation is 1. The number of hydrogen-bond donors (Lipinski definition) is 3. The third kappa shape index (κ3) is 11.1. The number of fused-ring (bicyclic) bond motifs is 1. The fourth-order valence-corrected chi connectivity index (χ4v) is 4.23. The van der Waals surface area contributed by atoms with Crippen LogP contribution in [0.2, 0.25) is 0 Å². The van der Waals surface area contributed by atoms with Gasteiger partial charge in [0.1, 0.15) is 11.5 Å². The van der Waals surface area contributed by atoms with E-state index in [2.05, 4.69) is 25.7 Å². The molecule has 2 heterocycles. The summed E-state index contributed by atoms with van der Waals surface area (Å²) in [7, 11) is 0. The van der Waals surface area contributed by atoms with E-state index in [4.69, 9.17) is 0 Å². The molecule has 0 bridgehead atoms. The Morgan fingerprint density at radius 3 is 2.33 bits per heavy atom. The van der Waals surface area contributed by atoms with Crippen molar-refractivity contribution in [1.29, 1.82) is 0 Å². The Labute approximate surface area is 241 Å². The average Bonchev–Trinajstić information content (AvgIpc) is 3.55. The van der Waals surface area contributed by atoms with Crippen LogP contribution in [0, 0.1) is 5.92 Å². The summed E-state index contributed by atoms with van der Waals surface area (Å²) >= 11 is 0. The van der Waals surface area contributed by atoms with Crippen LogP contribution in [0.1, 0.15) is 73.7 Å². The van der Waals surface area contributed by atoms with Gasteiger partial charge in [-0.1, -0.05) is 19.4 Å². The first kappa shape index (κ1) is 33.8. The number of carbonyl (C=O) groups is 2. The van der Waals surface area contributed by atoms with Crippen LogP contribution in [-0.2, 0) is 24.4 Å². The van der Waals surface area contributed by atoms with Gasteiger partial charge in [0.15, 0.2) is 0 Å². The van der Waals surface area contributed by atoms with Gasteiger partial charge in [0, 0.05) is 32.0 Å². The van der Waals surface area contributed by atoms with Gasteiger partial charge in [-0.2, -0.15) is 31.4 Å². The molecule has 1 unspecified atom stereocenters. The Hall–Kier alpha value is -3.72. The standard InChI is InChI=1S/C21H22F6N6O2.C6H10F2/c1-12(21(25,26)27)8-18(34)28-10-13-2-3-14-15(9-13)32-17(31-14)11-29-19(35)16-4-6-30-33(16)7-5-20(22,23)24;7-6(8)4-2-1-3-5-6/h2-4,6,9,12H,5,7-8,10-11H2,1H3,(H,28,34)(H,29,35)(H,31,32);1-5H2. The molecule has 2 amide bonds. The summed E-state index contributed by atoms with van der Waals surface area (Å²) in [5.74, 6) is -5.05. The van der Waals surface area contributed by atoms with E-state index in [-0.39, 0.29) is 31.6 Å². The number of carbonyl (C=O) groups excluding carboxylic acids is 2. The molecule has 43 heavy (non-hydrogen) atoms. The second-order valence-corrected chi connectivity index (χ2v) is 10.4. The maximum absolute atomic E-state index is 12.6. The quantitative estimate of drug-likeness (QED) is 0.239. The van der Waals surface area contributed by atoms with Crippen molar-refractivity contribution in [2.24, 2.45) is 5.92 Å². The summed E-state index contributed by atoms with van der Waals surface area (Å²) in [4.78, 5) is 31.4. The Balaban J connectivity index is 0.000000546. The van der Waals surface area contributed by atoms with Gasteiger partial charge in [0.2, 0.25) is 11.8 Å². The van der Waals surface area contributed by atoms with Crippen LogP contribution in [-0.4, -0.2) is 49.8 Å². The van der Waals surface area contributed by atoms with E-state index in [1.165, 1.54) is 12.3 Å². The van der Waals surface area contributed by atoms with Gasteiger partial charge >= 0.3 is 12.4 Å². The van der Waals surface area contributed by atoms with Crippen LogP contribution in [0.25, 0.3) is 11.0 Å². The molecule has 1 atom stereocenters. The van der Waals surface area contributed by atoms with Gasteiger partial charge in [0.05, 0.1) is 36.5 Å². The molecule has 1 aliphatic rings. The molecule has 3 N–H and O–H groups in total. The number of hydrogen-bond acceptors (Lipinski definition) is 4. The van der Waals surface area contributed by atoms with Gasteiger partial charge in [-0.3, -0.25) is 14.3 Å². The summed E-state index contributed by atoms with van der Waals surface area (Å²) in [6.45, 7) is 0.428. The van der Waals surface area contributed by atoms with Gasteiger partial charge < -0.3 is 15.6 Å². The number of rotatable bonds is 9. The number of nitrogens with zero attached hydrogens (tertiary/aromatic N) is 3. The number of halogens is 8. The molecule has 1 fully saturated rings. The van der Waals surface area contributed by atoms with E-state index in [1.54, 1.807) is 18.2 Å². The van der Waals surface area contributed by atoms with Gasteiger partial charge in [-0.25, -0.2) is 13.8 Å². The van der Waals surface area contributed by atoms with Gasteiger partial charge in [0.25, 0.3) is 5.91 Å². The lowest BCUT2D eigenvalue weighted by Gasteiger charge is -2.20. The number of H-pyrrole nitrogens is 1. The topological polar surface area (TPSA) is 105 Å². The first-order chi connectivity index (χ1) is 20.0. The van der Waals surface area contributed by atoms with E-state index in [0.717, 1.165) is 18.0 Å². The molecule has 2 aromatic heterocycles. The SMILES string of the molecule is CC(CC(=O)NCc1ccc2nc(CNC(=O)c3ccnn3CCC(F)(F)F)[nH]c2c1)C(F)(F)F.FC1(F)CCCCC1. The second kappa shape index (κ2) is 14.2. The summed E-state index contributed by atoms with van der Waals surface area (Å²) in [5, 5.41) is 8.75. The van der Waals surface area contributed by atoms with Crippen molar-refractivity contribution < 1.29 is 44.7 Å². The van der Waals surface area contributed by atoms with Gasteiger partial charge in [-0.05, 0) is 36.6 Å². The largest absolute Gasteiger partial charge is 0.392 e. The summed E-state index contributed by atoms with van der Waals surface area (Å²) in [6, 6.07) is 6.26. The van der Waals surface area contributed by atoms with Crippen LogP contribution in [0.5, 0.6) is 0 Å². The lowest BCUT2D eigenvalue weighted by atomic mass is 9.97. The van der Waals surface area contributed by atoms with Crippen LogP contribution in [0.3, 0.4) is 0 Å². The normalized spacial score (nSPS) is 15.8. The van der Waals surface area contributed by atoms with Crippen molar-refractivity contribution >= 4 is 22.8 Å². The Morgan fingerprint density at radius 1 is 1.02 bits per heavy atom. The fourth-order valence-electron chi connectivity index (χ4n) is 4.23. The van der Waals surface area contributed by atoms with E-state index in [0.29, 0.717) is 35.3 Å². The molecule has 0 spiro atoms. The smallest absolute Gasteiger partial charge is 0.352 e. The van der Waals surface area contributed by atoms with E-state index >= 15 is 0 Å². The highest BCUT2D eigenvalue weighted by molar-refractivity contribution is 5.92. The molecule has 1 aliphatic carbocycles. The van der Waals surface area contributed by atoms with E-state index in [9.17, 15) is 44.7 Å². The lowest BCUT2D eigenvalue weighted by Crippen LogP contribution is -2.29. The lowest BCUT2D eigenvalue weighted by molar-refractivity contribution is -0.174. The third-order valence-electron chi connectivity index (χ3n) is 6.69. The molecular formula is C27H32F8N6O2. The average molecular weight is 625 g/mol. The number of amides is 2. The number of nitrogens with one attached hydrogen (secondary N) is 3. The molecule has 3 aromatic rings. The predicted octanol–water partition coefficient (Wildman–Crippen LogP) is 6.43. The Kier molecular flexibility index (Phi) is 11.1. The predicted molar refractivity (Wildman–Crippen MR) is 140 cm³/mol. The van der Waals surface area contributed by atoms with Crippen molar-refractivity contribution in [2.75, 3.05) is 0 Å². The zero-order valence-electron chi connectivity index (χ0n) is 23.2. The Bertz CT molecular complexity index is 1360.